The molecule has 4 aromatic rings. The standard InChI is InChI=1S/C43H45F2N7O10/c1-26(2)19-40(55)49(34-9-7-6-8-10-34)25-39(54)47-28(4)42(57)50(41(56)27(3)46-38(53)22-31-20-32(44)23-33(45)21-31)43(58)29(5)48(35-15-17-37(18-16-35)52(61)62)24-30-11-13-36(14-12-30)51(59)60/h6-18,20-21,23,26-29H,19,22,24-25H2,1-5H3,(H,46,53)(H,47,54)/t27-,28-,29-/m0/s1. The van der Waals surface area contributed by atoms with E-state index in [1.165, 1.54) is 60.0 Å². The van der Waals surface area contributed by atoms with Crippen molar-refractivity contribution in [1.29, 1.82) is 0 Å². The van der Waals surface area contributed by atoms with E-state index in [4.69, 9.17) is 0 Å². The second-order valence-corrected chi connectivity index (χ2v) is 14.8. The number of carbonyl (C=O) groups excluding carboxylic acids is 6. The van der Waals surface area contributed by atoms with Gasteiger partial charge in [-0.1, -0.05) is 44.2 Å². The summed E-state index contributed by atoms with van der Waals surface area (Å²) in [5, 5.41) is 27.6. The van der Waals surface area contributed by atoms with Crippen LogP contribution in [0.2, 0.25) is 0 Å². The van der Waals surface area contributed by atoms with Crippen LogP contribution >= 0.6 is 0 Å². The SMILES string of the molecule is CC(C)CC(=O)N(CC(=O)N[C@@H](C)C(=O)N(C(=O)[C@H](C)NC(=O)Cc1cc(F)cc(F)c1)C(=O)[C@H](C)N(Cc1ccc([N+](=O)[O-])cc1)c1ccc([N+](=O)[O-])cc1)c1ccccc1. The third-order valence-electron chi connectivity index (χ3n) is 9.41. The van der Waals surface area contributed by atoms with Gasteiger partial charge in [0.1, 0.15) is 36.3 Å². The zero-order chi connectivity index (χ0) is 45.8. The second kappa shape index (κ2) is 21.2. The smallest absolute Gasteiger partial charge is 0.269 e. The molecule has 0 saturated heterocycles. The van der Waals surface area contributed by atoms with E-state index < -0.39 is 82.1 Å². The van der Waals surface area contributed by atoms with Gasteiger partial charge in [-0.25, -0.2) is 13.7 Å². The van der Waals surface area contributed by atoms with E-state index >= 15 is 0 Å². The quantitative estimate of drug-likeness (QED) is 0.0954. The molecule has 0 aliphatic heterocycles. The van der Waals surface area contributed by atoms with Gasteiger partial charge in [0, 0.05) is 54.7 Å². The number of hydrogen-bond acceptors (Lipinski definition) is 11. The molecule has 326 valence electrons. The Kier molecular flexibility index (Phi) is 16.1. The van der Waals surface area contributed by atoms with Gasteiger partial charge in [0.15, 0.2) is 0 Å². The fraction of sp³-hybridized carbons (Fsp3) is 0.302. The lowest BCUT2D eigenvalue weighted by Gasteiger charge is -2.34. The maximum atomic E-state index is 14.6. The summed E-state index contributed by atoms with van der Waals surface area (Å²) in [6, 6.07) is 16.3. The molecular formula is C43H45F2N7O10. The molecule has 6 amide bonds. The molecule has 0 radical (unpaired) electrons. The summed E-state index contributed by atoms with van der Waals surface area (Å²) in [4.78, 5) is 107. The topological polar surface area (TPSA) is 222 Å². The van der Waals surface area contributed by atoms with Crippen LogP contribution in [0.1, 0.15) is 52.2 Å². The number of imide groups is 3. The maximum Gasteiger partial charge on any atom is 0.269 e. The van der Waals surface area contributed by atoms with Crippen LogP contribution in [0.5, 0.6) is 0 Å². The van der Waals surface area contributed by atoms with Crippen molar-refractivity contribution in [3.05, 3.63) is 140 Å². The number of benzene rings is 4. The lowest BCUT2D eigenvalue weighted by Crippen LogP contribution is -2.60. The van der Waals surface area contributed by atoms with E-state index in [2.05, 4.69) is 10.6 Å². The molecule has 0 aliphatic rings. The van der Waals surface area contributed by atoms with Crippen molar-refractivity contribution < 1.29 is 47.4 Å². The summed E-state index contributed by atoms with van der Waals surface area (Å²) in [7, 11) is 0. The van der Waals surface area contributed by atoms with Crippen LogP contribution in [0.4, 0.5) is 31.5 Å². The van der Waals surface area contributed by atoms with Gasteiger partial charge in [0.05, 0.1) is 16.3 Å². The summed E-state index contributed by atoms with van der Waals surface area (Å²) in [5.74, 6) is -7.75. The first kappa shape index (κ1) is 47.2. The van der Waals surface area contributed by atoms with Gasteiger partial charge >= 0.3 is 0 Å². The molecule has 0 bridgehead atoms. The number of nitrogens with one attached hydrogen (secondary N) is 2. The number of para-hydroxylation sites is 1. The molecule has 4 rings (SSSR count). The molecule has 0 fully saturated rings. The molecule has 19 heteroatoms. The van der Waals surface area contributed by atoms with Crippen LogP contribution in [0, 0.1) is 37.8 Å². The van der Waals surface area contributed by atoms with E-state index in [-0.39, 0.29) is 52.3 Å². The van der Waals surface area contributed by atoms with Crippen molar-refractivity contribution in [1.82, 2.24) is 15.5 Å². The average molecular weight is 858 g/mol. The number of non-ortho nitro benzene ring substituents is 2. The monoisotopic (exact) mass is 857 g/mol. The van der Waals surface area contributed by atoms with Crippen molar-refractivity contribution in [2.45, 2.75) is 72.1 Å². The first-order valence-corrected chi connectivity index (χ1v) is 19.3. The van der Waals surface area contributed by atoms with Gasteiger partial charge in [0.25, 0.3) is 29.1 Å². The molecule has 0 aliphatic carbocycles. The van der Waals surface area contributed by atoms with Gasteiger partial charge < -0.3 is 20.4 Å². The minimum Gasteiger partial charge on any atom is -0.355 e. The zero-order valence-corrected chi connectivity index (χ0v) is 34.4. The second-order valence-electron chi connectivity index (χ2n) is 14.8. The number of nitrogens with zero attached hydrogens (tertiary/aromatic N) is 5. The van der Waals surface area contributed by atoms with E-state index in [1.807, 2.05) is 13.8 Å². The molecule has 4 aromatic carbocycles. The number of carbonyl (C=O) groups is 6. The highest BCUT2D eigenvalue weighted by molar-refractivity contribution is 6.16. The maximum absolute atomic E-state index is 14.6. The van der Waals surface area contributed by atoms with Crippen molar-refractivity contribution in [3.8, 4) is 0 Å². The van der Waals surface area contributed by atoms with Crippen molar-refractivity contribution in [2.24, 2.45) is 5.92 Å². The molecular weight excluding hydrogens is 813 g/mol. The minimum atomic E-state index is -1.62. The lowest BCUT2D eigenvalue weighted by molar-refractivity contribution is -0.385. The first-order chi connectivity index (χ1) is 29.2. The number of nitro benzene ring substituents is 2. The summed E-state index contributed by atoms with van der Waals surface area (Å²) >= 11 is 0. The van der Waals surface area contributed by atoms with E-state index in [9.17, 15) is 57.8 Å². The Balaban J connectivity index is 1.69. The first-order valence-electron chi connectivity index (χ1n) is 19.3. The molecule has 3 atom stereocenters. The predicted octanol–water partition coefficient (Wildman–Crippen LogP) is 5.39. The predicted molar refractivity (Wildman–Crippen MR) is 222 cm³/mol. The number of anilines is 2. The van der Waals surface area contributed by atoms with E-state index in [0.29, 0.717) is 17.3 Å². The van der Waals surface area contributed by atoms with Crippen LogP contribution in [-0.2, 0) is 41.7 Å². The van der Waals surface area contributed by atoms with Crippen LogP contribution < -0.4 is 20.4 Å². The summed E-state index contributed by atoms with van der Waals surface area (Å²) in [6.07, 6.45) is -0.498. The molecule has 0 aromatic heterocycles. The molecule has 2 N–H and O–H groups in total. The van der Waals surface area contributed by atoms with E-state index in [1.54, 1.807) is 30.3 Å². The molecule has 0 spiro atoms. The fourth-order valence-corrected chi connectivity index (χ4v) is 6.31. The van der Waals surface area contributed by atoms with Gasteiger partial charge in [-0.2, -0.15) is 0 Å². The van der Waals surface area contributed by atoms with Crippen LogP contribution in [0.15, 0.2) is 97.1 Å². The van der Waals surface area contributed by atoms with Crippen molar-refractivity contribution in [3.63, 3.8) is 0 Å². The molecule has 0 saturated carbocycles. The number of amides is 6. The van der Waals surface area contributed by atoms with Gasteiger partial charge in [-0.3, -0.25) is 49.0 Å². The average Bonchev–Trinajstić information content (AvgIpc) is 3.21. The number of halogens is 2. The Morgan fingerprint density at radius 3 is 1.63 bits per heavy atom. The highest BCUT2D eigenvalue weighted by atomic mass is 19.1. The van der Waals surface area contributed by atoms with Gasteiger partial charge in [-0.15, -0.1) is 0 Å². The lowest BCUT2D eigenvalue weighted by atomic mass is 10.1. The van der Waals surface area contributed by atoms with Crippen molar-refractivity contribution >= 4 is 58.2 Å². The highest BCUT2D eigenvalue weighted by Gasteiger charge is 2.40. The number of rotatable bonds is 18. The third kappa shape index (κ3) is 12.8. The highest BCUT2D eigenvalue weighted by Crippen LogP contribution is 2.26. The van der Waals surface area contributed by atoms with Crippen molar-refractivity contribution in [2.75, 3.05) is 16.3 Å². The van der Waals surface area contributed by atoms with Crippen LogP contribution in [0.25, 0.3) is 0 Å². The van der Waals surface area contributed by atoms with Gasteiger partial charge in [-0.05, 0) is 74.2 Å². The number of hydrogen-bond donors (Lipinski definition) is 2. The van der Waals surface area contributed by atoms with Crippen LogP contribution in [0.3, 0.4) is 0 Å². The fourth-order valence-electron chi connectivity index (χ4n) is 6.31. The largest absolute Gasteiger partial charge is 0.355 e. The Bertz CT molecular complexity index is 2290. The Labute approximate surface area is 355 Å². The van der Waals surface area contributed by atoms with Gasteiger partial charge in [0.2, 0.25) is 17.7 Å². The summed E-state index contributed by atoms with van der Waals surface area (Å²) in [5.41, 5.74) is 0.428. The molecule has 62 heavy (non-hydrogen) atoms. The molecule has 0 heterocycles. The molecule has 0 unspecified atom stereocenters. The summed E-state index contributed by atoms with van der Waals surface area (Å²) in [6.45, 7) is 6.62. The Morgan fingerprint density at radius 2 is 1.13 bits per heavy atom. The number of nitro groups is 2. The van der Waals surface area contributed by atoms with E-state index in [0.717, 1.165) is 31.2 Å². The molecule has 17 nitrogen and oxygen atoms in total. The summed E-state index contributed by atoms with van der Waals surface area (Å²) < 4.78 is 27.7. The zero-order valence-electron chi connectivity index (χ0n) is 34.4. The minimum absolute atomic E-state index is 0.0617. The Morgan fingerprint density at radius 1 is 0.629 bits per heavy atom. The Hall–Kier alpha value is -7.44. The third-order valence-corrected chi connectivity index (χ3v) is 9.41. The van der Waals surface area contributed by atoms with Crippen LogP contribution in [-0.4, -0.2) is 74.9 Å². The normalized spacial score (nSPS) is 12.3.